The minimum absolute atomic E-state index is 0.284. The average molecular weight is 467 g/mol. The van der Waals surface area contributed by atoms with Gasteiger partial charge in [-0.15, -0.1) is 0 Å². The average Bonchev–Trinajstić information content (AvgIpc) is 2.86. The predicted molar refractivity (Wildman–Crippen MR) is 128 cm³/mol. The molecule has 1 unspecified atom stereocenters. The molecule has 3 rings (SSSR count). The number of hydrogen-bond donors (Lipinski definition) is 0. The number of esters is 1. The van der Waals surface area contributed by atoms with Crippen LogP contribution in [0.1, 0.15) is 37.5 Å². The molecule has 0 aliphatic rings. The van der Waals surface area contributed by atoms with Gasteiger partial charge in [-0.1, -0.05) is 19.1 Å². The van der Waals surface area contributed by atoms with E-state index in [1.807, 2.05) is 38.1 Å². The Morgan fingerprint density at radius 2 is 1.71 bits per heavy atom. The van der Waals surface area contributed by atoms with E-state index >= 15 is 0 Å². The normalized spacial score (nSPS) is 11.8. The molecule has 0 aliphatic heterocycles. The highest BCUT2D eigenvalue weighted by Crippen LogP contribution is 2.20. The van der Waals surface area contributed by atoms with E-state index in [9.17, 15) is 9.18 Å². The molecular formula is C27H31FN2O4. The van der Waals surface area contributed by atoms with Crippen molar-refractivity contribution in [3.63, 3.8) is 0 Å². The van der Waals surface area contributed by atoms with Crippen molar-refractivity contribution in [2.75, 3.05) is 19.8 Å². The summed E-state index contributed by atoms with van der Waals surface area (Å²) < 4.78 is 30.8. The fraction of sp³-hybridized carbons (Fsp3) is 0.370. The Morgan fingerprint density at radius 1 is 0.971 bits per heavy atom. The minimum Gasteiger partial charge on any atom is -0.493 e. The molecule has 0 saturated heterocycles. The van der Waals surface area contributed by atoms with E-state index in [2.05, 4.69) is 9.97 Å². The molecule has 34 heavy (non-hydrogen) atoms. The fourth-order valence-corrected chi connectivity index (χ4v) is 3.45. The summed E-state index contributed by atoms with van der Waals surface area (Å²) >= 11 is 0. The Kier molecular flexibility index (Phi) is 9.52. The number of hydrogen-bond acceptors (Lipinski definition) is 6. The quantitative estimate of drug-likeness (QED) is 0.351. The zero-order chi connectivity index (χ0) is 24.3. The van der Waals surface area contributed by atoms with Gasteiger partial charge < -0.3 is 14.2 Å². The van der Waals surface area contributed by atoms with Gasteiger partial charge in [-0.2, -0.15) is 0 Å². The molecule has 0 aliphatic carbocycles. The number of ether oxygens (including phenoxy) is 3. The lowest BCUT2D eigenvalue weighted by Crippen LogP contribution is -2.28. The molecule has 0 radical (unpaired) electrons. The van der Waals surface area contributed by atoms with Crippen LogP contribution in [-0.2, 0) is 33.5 Å². The third-order valence-corrected chi connectivity index (χ3v) is 5.32. The van der Waals surface area contributed by atoms with Gasteiger partial charge in [0.05, 0.1) is 13.2 Å². The Morgan fingerprint density at radius 3 is 2.35 bits per heavy atom. The van der Waals surface area contributed by atoms with E-state index in [0.29, 0.717) is 49.8 Å². The van der Waals surface area contributed by atoms with Crippen molar-refractivity contribution in [2.45, 2.75) is 46.1 Å². The Bertz CT molecular complexity index is 1060. The molecule has 3 aromatic rings. The van der Waals surface area contributed by atoms with Crippen LogP contribution in [0.5, 0.6) is 5.75 Å². The number of benzene rings is 2. The van der Waals surface area contributed by atoms with Crippen LogP contribution >= 0.6 is 0 Å². The molecule has 1 atom stereocenters. The smallest absolute Gasteiger partial charge is 0.335 e. The van der Waals surface area contributed by atoms with Crippen molar-refractivity contribution in [1.82, 2.24) is 9.97 Å². The van der Waals surface area contributed by atoms with Gasteiger partial charge in [0.2, 0.25) is 0 Å². The van der Waals surface area contributed by atoms with Crippen LogP contribution in [0.15, 0.2) is 54.9 Å². The molecule has 0 spiro atoms. The maximum atomic E-state index is 14.3. The first-order valence-electron chi connectivity index (χ1n) is 11.6. The van der Waals surface area contributed by atoms with Gasteiger partial charge in [0.1, 0.15) is 11.6 Å². The molecule has 6 nitrogen and oxygen atoms in total. The molecule has 2 aromatic carbocycles. The van der Waals surface area contributed by atoms with Gasteiger partial charge >= 0.3 is 5.97 Å². The van der Waals surface area contributed by atoms with Crippen LogP contribution in [-0.4, -0.2) is 41.9 Å². The van der Waals surface area contributed by atoms with Crippen LogP contribution < -0.4 is 4.74 Å². The van der Waals surface area contributed by atoms with Crippen molar-refractivity contribution < 1.29 is 23.4 Å². The summed E-state index contributed by atoms with van der Waals surface area (Å²) in [4.78, 5) is 20.8. The Hall–Kier alpha value is -3.32. The van der Waals surface area contributed by atoms with Crippen molar-refractivity contribution in [3.8, 4) is 17.1 Å². The topological polar surface area (TPSA) is 70.5 Å². The zero-order valence-corrected chi connectivity index (χ0v) is 19.9. The highest BCUT2D eigenvalue weighted by atomic mass is 19.1. The van der Waals surface area contributed by atoms with Gasteiger partial charge in [0, 0.05) is 37.4 Å². The molecular weight excluding hydrogens is 435 g/mol. The molecule has 180 valence electrons. The number of rotatable bonds is 12. The summed E-state index contributed by atoms with van der Waals surface area (Å²) in [5.74, 6) is 0.598. The standard InChI is InChI=1S/C27H31FN2O4/c1-4-19-17-29-26(30-18-19)22-9-12-24(28)21(16-22)13-14-34-23-10-7-20(8-11-23)15-25(32-5-2)27(31)33-6-3/h7-12,16-18,25H,4-6,13-15H2,1-3H3. The molecule has 1 heterocycles. The maximum absolute atomic E-state index is 14.3. The summed E-state index contributed by atoms with van der Waals surface area (Å²) in [7, 11) is 0. The first-order chi connectivity index (χ1) is 16.5. The largest absolute Gasteiger partial charge is 0.493 e. The van der Waals surface area contributed by atoms with Gasteiger partial charge in [0.25, 0.3) is 0 Å². The summed E-state index contributed by atoms with van der Waals surface area (Å²) in [6.45, 7) is 6.72. The first kappa shape index (κ1) is 25.3. The van der Waals surface area contributed by atoms with E-state index < -0.39 is 6.10 Å². The first-order valence-corrected chi connectivity index (χ1v) is 11.6. The molecule has 1 aromatic heterocycles. The number of carbonyl (C=O) groups is 1. The molecule has 0 saturated carbocycles. The number of nitrogens with zero attached hydrogens (tertiary/aromatic N) is 2. The SMILES string of the molecule is CCOC(=O)C(Cc1ccc(OCCc2cc(-c3ncc(CC)cn3)ccc2F)cc1)OCC. The monoisotopic (exact) mass is 466 g/mol. The van der Waals surface area contributed by atoms with Crippen molar-refractivity contribution in [1.29, 1.82) is 0 Å². The third kappa shape index (κ3) is 7.09. The summed E-state index contributed by atoms with van der Waals surface area (Å²) in [6, 6.07) is 12.3. The van der Waals surface area contributed by atoms with E-state index in [4.69, 9.17) is 14.2 Å². The van der Waals surface area contributed by atoms with Gasteiger partial charge in [-0.25, -0.2) is 19.2 Å². The molecule has 0 amide bonds. The van der Waals surface area contributed by atoms with Crippen LogP contribution in [0.4, 0.5) is 4.39 Å². The highest BCUT2D eigenvalue weighted by Gasteiger charge is 2.20. The van der Waals surface area contributed by atoms with Crippen LogP contribution in [0, 0.1) is 5.82 Å². The molecule has 0 N–H and O–H groups in total. The van der Waals surface area contributed by atoms with Crippen LogP contribution in [0.3, 0.4) is 0 Å². The molecule has 0 fully saturated rings. The number of aromatic nitrogens is 2. The van der Waals surface area contributed by atoms with Gasteiger partial charge in [-0.3, -0.25) is 0 Å². The summed E-state index contributed by atoms with van der Waals surface area (Å²) in [5.41, 5.74) is 3.31. The van der Waals surface area contributed by atoms with Gasteiger partial charge in [-0.05, 0) is 67.3 Å². The molecule has 0 bridgehead atoms. The lowest BCUT2D eigenvalue weighted by molar-refractivity contribution is -0.156. The van der Waals surface area contributed by atoms with Crippen molar-refractivity contribution >= 4 is 5.97 Å². The van der Waals surface area contributed by atoms with E-state index in [1.54, 1.807) is 31.5 Å². The van der Waals surface area contributed by atoms with Crippen molar-refractivity contribution in [3.05, 3.63) is 77.4 Å². The maximum Gasteiger partial charge on any atom is 0.335 e. The second-order valence-electron chi connectivity index (χ2n) is 7.72. The third-order valence-electron chi connectivity index (χ3n) is 5.32. The molecule has 7 heteroatoms. The second-order valence-corrected chi connectivity index (χ2v) is 7.72. The second kappa shape index (κ2) is 12.8. The number of aryl methyl sites for hydroxylation is 1. The summed E-state index contributed by atoms with van der Waals surface area (Å²) in [6.07, 6.45) is 4.65. The van der Waals surface area contributed by atoms with E-state index in [0.717, 1.165) is 23.1 Å². The zero-order valence-electron chi connectivity index (χ0n) is 19.9. The van der Waals surface area contributed by atoms with E-state index in [1.165, 1.54) is 6.07 Å². The van der Waals surface area contributed by atoms with Crippen LogP contribution in [0.25, 0.3) is 11.4 Å². The van der Waals surface area contributed by atoms with Crippen LogP contribution in [0.2, 0.25) is 0 Å². The predicted octanol–water partition coefficient (Wildman–Crippen LogP) is 4.98. The lowest BCUT2D eigenvalue weighted by atomic mass is 10.1. The summed E-state index contributed by atoms with van der Waals surface area (Å²) in [5, 5.41) is 0. The van der Waals surface area contributed by atoms with Gasteiger partial charge in [0.15, 0.2) is 11.9 Å². The van der Waals surface area contributed by atoms with Crippen molar-refractivity contribution in [2.24, 2.45) is 0 Å². The number of halogens is 1. The Labute approximate surface area is 200 Å². The highest BCUT2D eigenvalue weighted by molar-refractivity contribution is 5.75. The number of carbonyl (C=O) groups excluding carboxylic acids is 1. The van der Waals surface area contributed by atoms with E-state index in [-0.39, 0.29) is 11.8 Å². The minimum atomic E-state index is -0.630. The Balaban J connectivity index is 1.57. The lowest BCUT2D eigenvalue weighted by Gasteiger charge is -2.16. The fourth-order valence-electron chi connectivity index (χ4n) is 3.45.